The molecule has 1 aliphatic rings. The number of aromatic nitrogens is 3. The molecule has 0 radical (unpaired) electrons. The van der Waals surface area contributed by atoms with E-state index in [1.807, 2.05) is 45.9 Å². The summed E-state index contributed by atoms with van der Waals surface area (Å²) in [7, 11) is 0. The number of amides is 1. The first-order chi connectivity index (χ1) is 11.7. The maximum Gasteiger partial charge on any atom is 0.229 e. The van der Waals surface area contributed by atoms with Gasteiger partial charge in [-0.25, -0.2) is 9.97 Å². The van der Waals surface area contributed by atoms with Crippen LogP contribution in [0.15, 0.2) is 30.4 Å². The minimum Gasteiger partial charge on any atom is -0.372 e. The number of allylic oxidation sites excluding steroid dienone is 4. The summed E-state index contributed by atoms with van der Waals surface area (Å²) >= 11 is 6.01. The van der Waals surface area contributed by atoms with Gasteiger partial charge in [0.2, 0.25) is 11.9 Å². The van der Waals surface area contributed by atoms with E-state index in [1.54, 1.807) is 16.7 Å². The number of hydrogen-bond acceptors (Lipinski definition) is 4. The second-order valence-corrected chi connectivity index (χ2v) is 7.38. The normalized spacial score (nSPS) is 15.0. The van der Waals surface area contributed by atoms with Crippen LogP contribution in [0.1, 0.15) is 34.1 Å². The molecule has 25 heavy (non-hydrogen) atoms. The third kappa shape index (κ3) is 4.08. The molecular weight excluding hydrogens is 340 g/mol. The lowest BCUT2D eigenvalue weighted by Gasteiger charge is -2.24. The molecule has 1 N–H and O–H groups in total. The van der Waals surface area contributed by atoms with Gasteiger partial charge in [0, 0.05) is 0 Å². The van der Waals surface area contributed by atoms with Crippen LogP contribution >= 0.6 is 11.6 Å². The lowest BCUT2D eigenvalue weighted by atomic mass is 10.1. The highest BCUT2D eigenvalue weighted by Crippen LogP contribution is 2.27. The molecule has 7 heteroatoms. The number of ether oxygens (including phenoxy) is 1. The lowest BCUT2D eigenvalue weighted by molar-refractivity contribution is -0.121. The average molecular weight is 361 g/mol. The largest absolute Gasteiger partial charge is 0.372 e. The summed E-state index contributed by atoms with van der Waals surface area (Å²) in [6, 6.07) is 3.46. The van der Waals surface area contributed by atoms with Gasteiger partial charge in [0.25, 0.3) is 0 Å². The molecule has 1 amide bonds. The molecular formula is C18H21ClN4O2. The van der Waals surface area contributed by atoms with Gasteiger partial charge in [-0.15, -0.1) is 0 Å². The number of rotatable bonds is 5. The van der Waals surface area contributed by atoms with E-state index in [0.29, 0.717) is 22.3 Å². The summed E-state index contributed by atoms with van der Waals surface area (Å²) in [5.41, 5.74) is 1.87. The van der Waals surface area contributed by atoms with Crippen molar-refractivity contribution in [1.82, 2.24) is 14.5 Å². The highest BCUT2D eigenvalue weighted by molar-refractivity contribution is 6.29. The highest BCUT2D eigenvalue weighted by Gasteiger charge is 2.21. The van der Waals surface area contributed by atoms with E-state index in [0.717, 1.165) is 5.70 Å². The number of carbonyl (C=O) groups is 1. The molecule has 0 fully saturated rings. The van der Waals surface area contributed by atoms with Crippen LogP contribution in [0, 0.1) is 0 Å². The summed E-state index contributed by atoms with van der Waals surface area (Å²) in [6.07, 6.45) is 5.79. The van der Waals surface area contributed by atoms with Crippen molar-refractivity contribution in [1.29, 1.82) is 0 Å². The molecule has 0 aliphatic heterocycles. The van der Waals surface area contributed by atoms with Crippen molar-refractivity contribution in [2.75, 3.05) is 5.32 Å². The minimum atomic E-state index is -0.297. The van der Waals surface area contributed by atoms with Gasteiger partial charge in [0.15, 0.2) is 5.65 Å². The van der Waals surface area contributed by atoms with Crippen LogP contribution in [0.3, 0.4) is 0 Å². The van der Waals surface area contributed by atoms with Crippen molar-refractivity contribution in [2.24, 2.45) is 0 Å². The maximum absolute atomic E-state index is 12.4. The fourth-order valence-electron chi connectivity index (χ4n) is 2.68. The third-order valence-corrected chi connectivity index (χ3v) is 3.75. The number of halogens is 1. The molecule has 0 spiro atoms. The van der Waals surface area contributed by atoms with Crippen LogP contribution in [0.5, 0.6) is 0 Å². The summed E-state index contributed by atoms with van der Waals surface area (Å²) in [5.74, 6) is 0.261. The number of anilines is 1. The Hall–Kier alpha value is -2.18. The Morgan fingerprint density at radius 3 is 2.68 bits per heavy atom. The second-order valence-electron chi connectivity index (χ2n) is 6.99. The third-order valence-electron chi connectivity index (χ3n) is 3.54. The SMILES string of the molecule is C[C@@H](CC(=O)Nc1nc2ccc(Cl)nc2n1C1=CC=C1)OC(C)(C)C. The molecule has 3 rings (SSSR count). The number of nitrogens with zero attached hydrogens (tertiary/aromatic N) is 3. The summed E-state index contributed by atoms with van der Waals surface area (Å²) < 4.78 is 7.58. The predicted octanol–water partition coefficient (Wildman–Crippen LogP) is 4.03. The highest BCUT2D eigenvalue weighted by atomic mass is 35.5. The predicted molar refractivity (Wildman–Crippen MR) is 99.5 cm³/mol. The van der Waals surface area contributed by atoms with Crippen molar-refractivity contribution in [3.63, 3.8) is 0 Å². The van der Waals surface area contributed by atoms with Gasteiger partial charge < -0.3 is 4.74 Å². The van der Waals surface area contributed by atoms with Crippen molar-refractivity contribution in [3.05, 3.63) is 35.5 Å². The van der Waals surface area contributed by atoms with Gasteiger partial charge in [-0.1, -0.05) is 17.7 Å². The van der Waals surface area contributed by atoms with Gasteiger partial charge in [-0.05, 0) is 52.0 Å². The maximum atomic E-state index is 12.4. The molecule has 0 saturated carbocycles. The Bertz CT molecular complexity index is 877. The Labute approximate surface area is 151 Å². The minimum absolute atomic E-state index is 0.164. The van der Waals surface area contributed by atoms with E-state index in [1.165, 1.54) is 0 Å². The topological polar surface area (TPSA) is 69.0 Å². The molecule has 0 aromatic carbocycles. The standard InChI is InChI=1S/C18H21ClN4O2/c1-11(25-18(2,3)4)10-15(24)22-17-20-13-8-9-14(19)21-16(13)23(17)12-6-5-7-12/h5-9,11H,10H2,1-4H3,(H,20,22,24)/t11-/m0/s1. The molecule has 0 bridgehead atoms. The van der Waals surface area contributed by atoms with Crippen LogP contribution in [0.25, 0.3) is 16.9 Å². The zero-order valence-corrected chi connectivity index (χ0v) is 15.5. The van der Waals surface area contributed by atoms with Crippen LogP contribution in [0.4, 0.5) is 5.95 Å². The number of imidazole rings is 1. The molecule has 1 aliphatic carbocycles. The Kier molecular flexibility index (Phi) is 4.67. The molecule has 0 saturated heterocycles. The van der Waals surface area contributed by atoms with E-state index >= 15 is 0 Å². The number of fused-ring (bicyclic) bond motifs is 1. The zero-order chi connectivity index (χ0) is 18.2. The first kappa shape index (κ1) is 17.6. The fraction of sp³-hybridized carbons (Fsp3) is 0.389. The van der Waals surface area contributed by atoms with Crippen LogP contribution in [-0.4, -0.2) is 32.1 Å². The van der Waals surface area contributed by atoms with Crippen molar-refractivity contribution < 1.29 is 9.53 Å². The van der Waals surface area contributed by atoms with Gasteiger partial charge >= 0.3 is 0 Å². The molecule has 132 valence electrons. The van der Waals surface area contributed by atoms with Crippen LogP contribution < -0.4 is 5.32 Å². The van der Waals surface area contributed by atoms with Crippen molar-refractivity contribution in [2.45, 2.75) is 45.8 Å². The van der Waals surface area contributed by atoms with E-state index in [2.05, 4.69) is 15.3 Å². The number of carbonyl (C=O) groups excluding carboxylic acids is 1. The molecule has 2 aromatic heterocycles. The van der Waals surface area contributed by atoms with Gasteiger partial charge in [0.05, 0.1) is 23.8 Å². The second kappa shape index (κ2) is 6.61. The van der Waals surface area contributed by atoms with Crippen LogP contribution in [0.2, 0.25) is 5.15 Å². The number of hydrogen-bond donors (Lipinski definition) is 1. The van der Waals surface area contributed by atoms with Crippen LogP contribution in [-0.2, 0) is 9.53 Å². The Balaban J connectivity index is 1.82. The monoisotopic (exact) mass is 360 g/mol. The summed E-state index contributed by atoms with van der Waals surface area (Å²) in [5, 5.41) is 3.24. The molecule has 2 heterocycles. The Morgan fingerprint density at radius 2 is 2.08 bits per heavy atom. The first-order valence-electron chi connectivity index (χ1n) is 8.14. The first-order valence-corrected chi connectivity index (χ1v) is 8.52. The van der Waals surface area contributed by atoms with Crippen molar-refractivity contribution >= 4 is 40.3 Å². The molecule has 6 nitrogen and oxygen atoms in total. The quantitative estimate of drug-likeness (QED) is 0.817. The molecule has 2 aromatic rings. The fourth-order valence-corrected chi connectivity index (χ4v) is 2.82. The van der Waals surface area contributed by atoms with E-state index < -0.39 is 0 Å². The van der Waals surface area contributed by atoms with Crippen molar-refractivity contribution in [3.8, 4) is 0 Å². The zero-order valence-electron chi connectivity index (χ0n) is 14.7. The van der Waals surface area contributed by atoms with Gasteiger partial charge in [-0.2, -0.15) is 0 Å². The van der Waals surface area contributed by atoms with Gasteiger partial charge in [-0.3, -0.25) is 14.7 Å². The van der Waals surface area contributed by atoms with E-state index in [9.17, 15) is 4.79 Å². The average Bonchev–Trinajstić information content (AvgIpc) is 2.72. The molecule has 1 atom stereocenters. The molecule has 0 unspecified atom stereocenters. The van der Waals surface area contributed by atoms with Gasteiger partial charge in [0.1, 0.15) is 10.7 Å². The van der Waals surface area contributed by atoms with E-state index in [4.69, 9.17) is 16.3 Å². The Morgan fingerprint density at radius 1 is 1.36 bits per heavy atom. The lowest BCUT2D eigenvalue weighted by Crippen LogP contribution is -2.29. The number of pyridine rings is 1. The summed E-state index contributed by atoms with van der Waals surface area (Å²) in [6.45, 7) is 7.77. The van der Waals surface area contributed by atoms with E-state index in [-0.39, 0.29) is 24.0 Å². The number of nitrogens with one attached hydrogen (secondary N) is 1. The summed E-state index contributed by atoms with van der Waals surface area (Å²) in [4.78, 5) is 21.2. The smallest absolute Gasteiger partial charge is 0.229 e.